The number of azide groups is 1. The Bertz CT molecular complexity index is 1150. The minimum Gasteiger partial charge on any atom is -0.459 e. The van der Waals surface area contributed by atoms with Crippen molar-refractivity contribution in [3.05, 3.63) is 64.9 Å². The highest BCUT2D eigenvalue weighted by molar-refractivity contribution is 5.86. The Labute approximate surface area is 184 Å². The van der Waals surface area contributed by atoms with Crippen molar-refractivity contribution in [2.24, 2.45) is 5.11 Å². The van der Waals surface area contributed by atoms with Crippen LogP contribution in [0.5, 0.6) is 0 Å². The molecule has 166 valence electrons. The van der Waals surface area contributed by atoms with Crippen LogP contribution >= 0.6 is 0 Å². The maximum atomic E-state index is 12.8. The van der Waals surface area contributed by atoms with Gasteiger partial charge in [0.25, 0.3) is 0 Å². The first-order valence-corrected chi connectivity index (χ1v) is 9.82. The summed E-state index contributed by atoms with van der Waals surface area (Å²) >= 11 is 0. The number of rotatable bonds is 7. The fourth-order valence-electron chi connectivity index (χ4n) is 2.91. The molecular weight excluding hydrogens is 414 g/mol. The van der Waals surface area contributed by atoms with Crippen molar-refractivity contribution in [2.45, 2.75) is 45.6 Å². The molecule has 1 amide bonds. The third-order valence-corrected chi connectivity index (χ3v) is 4.25. The zero-order valence-electron chi connectivity index (χ0n) is 17.9. The number of fused-ring (bicyclic) bond motifs is 1. The molecule has 1 N–H and O–H groups in total. The van der Waals surface area contributed by atoms with Crippen molar-refractivity contribution in [3.8, 4) is 0 Å². The Morgan fingerprint density at radius 3 is 2.66 bits per heavy atom. The number of carbonyl (C=O) groups excluding carboxylic acids is 2. The summed E-state index contributed by atoms with van der Waals surface area (Å²) in [5.74, 6) is -0.467. The van der Waals surface area contributed by atoms with E-state index >= 15 is 0 Å². The molecule has 0 saturated heterocycles. The third-order valence-electron chi connectivity index (χ3n) is 4.25. The molecule has 0 aliphatic rings. The van der Waals surface area contributed by atoms with E-state index < -0.39 is 23.7 Å². The van der Waals surface area contributed by atoms with Gasteiger partial charge in [0.1, 0.15) is 36.0 Å². The van der Waals surface area contributed by atoms with Gasteiger partial charge in [-0.05, 0) is 43.0 Å². The molecule has 3 aromatic rings. The van der Waals surface area contributed by atoms with Gasteiger partial charge in [-0.25, -0.2) is 19.6 Å². The van der Waals surface area contributed by atoms with Crippen molar-refractivity contribution in [3.63, 3.8) is 0 Å². The molecule has 2 aromatic heterocycles. The molecule has 11 heteroatoms. The molecule has 0 bridgehead atoms. The summed E-state index contributed by atoms with van der Waals surface area (Å²) in [6.07, 6.45) is 2.16. The first-order chi connectivity index (χ1) is 15.3. The quantitative estimate of drug-likeness (QED) is 0.256. The number of carbonyl (C=O) groups is 2. The smallest absolute Gasteiger partial charge is 0.408 e. The first-order valence-electron chi connectivity index (χ1n) is 9.82. The SMILES string of the molecule is CC(C)(C)OC(=O)NC(Cn1ccc2c(N=[N+]=[N-])ncnc21)C(=O)OCc1ccccc1. The summed E-state index contributed by atoms with van der Waals surface area (Å²) in [5.41, 5.74) is 9.24. The monoisotopic (exact) mass is 437 g/mol. The summed E-state index contributed by atoms with van der Waals surface area (Å²) in [6, 6.07) is 9.82. The summed E-state index contributed by atoms with van der Waals surface area (Å²) < 4.78 is 12.4. The number of esters is 1. The number of ether oxygens (including phenoxy) is 2. The molecule has 32 heavy (non-hydrogen) atoms. The second-order valence-corrected chi connectivity index (χ2v) is 7.88. The highest BCUT2D eigenvalue weighted by Gasteiger charge is 2.27. The van der Waals surface area contributed by atoms with Crippen LogP contribution in [0.1, 0.15) is 26.3 Å². The van der Waals surface area contributed by atoms with Crippen molar-refractivity contribution >= 4 is 28.9 Å². The molecule has 1 unspecified atom stereocenters. The van der Waals surface area contributed by atoms with E-state index in [4.69, 9.17) is 15.0 Å². The van der Waals surface area contributed by atoms with Crippen molar-refractivity contribution in [1.29, 1.82) is 0 Å². The molecule has 1 atom stereocenters. The molecule has 3 rings (SSSR count). The summed E-state index contributed by atoms with van der Waals surface area (Å²) in [5, 5.41) is 6.63. The molecule has 0 aliphatic carbocycles. The van der Waals surface area contributed by atoms with Crippen LogP contribution in [0.3, 0.4) is 0 Å². The van der Waals surface area contributed by atoms with E-state index in [1.165, 1.54) is 6.33 Å². The summed E-state index contributed by atoms with van der Waals surface area (Å²) in [7, 11) is 0. The summed E-state index contributed by atoms with van der Waals surface area (Å²) in [6.45, 7) is 5.25. The van der Waals surface area contributed by atoms with Gasteiger partial charge in [-0.3, -0.25) is 0 Å². The minimum atomic E-state index is -1.05. The number of hydrogen-bond acceptors (Lipinski definition) is 7. The van der Waals surface area contributed by atoms with E-state index in [1.54, 1.807) is 37.6 Å². The fourth-order valence-corrected chi connectivity index (χ4v) is 2.91. The molecule has 2 heterocycles. The lowest BCUT2D eigenvalue weighted by molar-refractivity contribution is -0.147. The van der Waals surface area contributed by atoms with E-state index in [1.807, 2.05) is 30.3 Å². The van der Waals surface area contributed by atoms with Gasteiger partial charge in [-0.1, -0.05) is 30.3 Å². The molecule has 0 aliphatic heterocycles. The van der Waals surface area contributed by atoms with Gasteiger partial charge in [-0.2, -0.15) is 0 Å². The highest BCUT2D eigenvalue weighted by Crippen LogP contribution is 2.23. The predicted octanol–water partition coefficient (Wildman–Crippen LogP) is 4.01. The fraction of sp³-hybridized carbons (Fsp3) is 0.333. The van der Waals surface area contributed by atoms with Gasteiger partial charge < -0.3 is 19.4 Å². The van der Waals surface area contributed by atoms with E-state index in [2.05, 4.69) is 25.3 Å². The molecule has 0 radical (unpaired) electrons. The second-order valence-electron chi connectivity index (χ2n) is 7.88. The van der Waals surface area contributed by atoms with Crippen molar-refractivity contribution in [1.82, 2.24) is 19.9 Å². The van der Waals surface area contributed by atoms with Crippen LogP contribution in [0, 0.1) is 0 Å². The Hall–Kier alpha value is -4.11. The molecular formula is C21H23N7O4. The predicted molar refractivity (Wildman–Crippen MR) is 116 cm³/mol. The Morgan fingerprint density at radius 1 is 1.22 bits per heavy atom. The van der Waals surface area contributed by atoms with Gasteiger partial charge in [0.15, 0.2) is 0 Å². The number of amides is 1. The average molecular weight is 437 g/mol. The maximum absolute atomic E-state index is 12.8. The van der Waals surface area contributed by atoms with Crippen LogP contribution in [0.25, 0.3) is 21.5 Å². The Morgan fingerprint density at radius 2 is 1.97 bits per heavy atom. The van der Waals surface area contributed by atoms with Crippen LogP contribution in [0.2, 0.25) is 0 Å². The lowest BCUT2D eigenvalue weighted by atomic mass is 10.2. The minimum absolute atomic E-state index is 0.0170. The highest BCUT2D eigenvalue weighted by atomic mass is 16.6. The molecule has 11 nitrogen and oxygen atoms in total. The van der Waals surface area contributed by atoms with Gasteiger partial charge in [-0.15, -0.1) is 0 Å². The van der Waals surface area contributed by atoms with Gasteiger partial charge >= 0.3 is 12.1 Å². The van der Waals surface area contributed by atoms with Crippen LogP contribution in [-0.4, -0.2) is 38.2 Å². The Kier molecular flexibility index (Phi) is 6.91. The normalized spacial score (nSPS) is 12.0. The topological polar surface area (TPSA) is 144 Å². The maximum Gasteiger partial charge on any atom is 0.408 e. The zero-order valence-corrected chi connectivity index (χ0v) is 17.9. The van der Waals surface area contributed by atoms with Crippen molar-refractivity contribution in [2.75, 3.05) is 0 Å². The third kappa shape index (κ3) is 5.96. The summed E-state index contributed by atoms with van der Waals surface area (Å²) in [4.78, 5) is 36.1. The van der Waals surface area contributed by atoms with E-state index in [9.17, 15) is 9.59 Å². The van der Waals surface area contributed by atoms with Crippen LogP contribution in [0.15, 0.2) is 54.0 Å². The molecule has 0 fully saturated rings. The largest absolute Gasteiger partial charge is 0.459 e. The van der Waals surface area contributed by atoms with E-state index in [0.29, 0.717) is 11.0 Å². The lowest BCUT2D eigenvalue weighted by Gasteiger charge is -2.23. The van der Waals surface area contributed by atoms with Crippen LogP contribution in [-0.2, 0) is 27.4 Å². The molecule has 0 saturated carbocycles. The average Bonchev–Trinajstić information content (AvgIpc) is 3.15. The zero-order chi connectivity index (χ0) is 23.1. The number of benzene rings is 1. The van der Waals surface area contributed by atoms with E-state index in [0.717, 1.165) is 5.56 Å². The number of nitrogens with one attached hydrogen (secondary N) is 1. The molecule has 0 spiro atoms. The number of aromatic nitrogens is 3. The van der Waals surface area contributed by atoms with Gasteiger partial charge in [0.2, 0.25) is 0 Å². The van der Waals surface area contributed by atoms with Crippen LogP contribution < -0.4 is 5.32 Å². The van der Waals surface area contributed by atoms with Gasteiger partial charge in [0.05, 0.1) is 6.54 Å². The lowest BCUT2D eigenvalue weighted by Crippen LogP contribution is -2.46. The number of alkyl carbamates (subject to hydrolysis) is 1. The first kappa shape index (κ1) is 22.6. The Balaban J connectivity index is 1.82. The van der Waals surface area contributed by atoms with Gasteiger partial charge in [0, 0.05) is 16.5 Å². The molecule has 1 aromatic carbocycles. The number of hydrogen-bond donors (Lipinski definition) is 1. The standard InChI is InChI=1S/C21H23N7O4/c1-21(2,3)32-20(30)25-16(19(29)31-12-14-7-5-4-6-8-14)11-28-10-9-15-17(26-27-22)23-13-24-18(15)28/h4-10,13,16H,11-12H2,1-3H3,(H,25,30). The second kappa shape index (κ2) is 9.80. The van der Waals surface area contributed by atoms with Crippen molar-refractivity contribution < 1.29 is 19.1 Å². The van der Waals surface area contributed by atoms with Crippen LogP contribution in [0.4, 0.5) is 10.6 Å². The van der Waals surface area contributed by atoms with E-state index in [-0.39, 0.29) is 19.0 Å². The number of nitrogens with zero attached hydrogens (tertiary/aromatic N) is 6.